The molecule has 0 spiro atoms. The average molecular weight is 233 g/mol. The lowest BCUT2D eigenvalue weighted by molar-refractivity contribution is 0.318. The van der Waals surface area contributed by atoms with Crippen LogP contribution in [-0.4, -0.2) is 24.1 Å². The van der Waals surface area contributed by atoms with Gasteiger partial charge in [-0.2, -0.15) is 0 Å². The first-order valence-electron chi connectivity index (χ1n) is 5.95. The van der Waals surface area contributed by atoms with E-state index in [1.807, 2.05) is 19.1 Å². The van der Waals surface area contributed by atoms with E-state index in [-0.39, 0.29) is 5.84 Å². The van der Waals surface area contributed by atoms with Crippen molar-refractivity contribution in [2.45, 2.75) is 20.3 Å². The Balaban J connectivity index is 2.25. The van der Waals surface area contributed by atoms with Gasteiger partial charge in [0.05, 0.1) is 0 Å². The first kappa shape index (κ1) is 11.8. The highest BCUT2D eigenvalue weighted by atomic mass is 16.4. The van der Waals surface area contributed by atoms with E-state index in [1.165, 1.54) is 12.1 Å². The molecule has 1 aromatic carbocycles. The Morgan fingerprint density at radius 3 is 2.82 bits per heavy atom. The molecule has 0 radical (unpaired) electrons. The van der Waals surface area contributed by atoms with Crippen molar-refractivity contribution < 1.29 is 5.21 Å². The SMILES string of the molecule is Cc1cc(N2CCC(C)C2)ccc1/C(N)=N/O. The van der Waals surface area contributed by atoms with Crippen molar-refractivity contribution in [1.82, 2.24) is 0 Å². The normalized spacial score (nSPS) is 20.9. The Morgan fingerprint density at radius 1 is 1.53 bits per heavy atom. The van der Waals surface area contributed by atoms with Gasteiger partial charge in [-0.1, -0.05) is 12.1 Å². The summed E-state index contributed by atoms with van der Waals surface area (Å²) in [5.41, 5.74) is 8.66. The van der Waals surface area contributed by atoms with E-state index in [0.717, 1.165) is 30.1 Å². The van der Waals surface area contributed by atoms with Crippen LogP contribution in [0.1, 0.15) is 24.5 Å². The molecule has 1 unspecified atom stereocenters. The van der Waals surface area contributed by atoms with Crippen LogP contribution in [0.3, 0.4) is 0 Å². The number of hydrogen-bond acceptors (Lipinski definition) is 3. The number of oxime groups is 1. The fourth-order valence-corrected chi connectivity index (χ4v) is 2.36. The van der Waals surface area contributed by atoms with Crippen LogP contribution >= 0.6 is 0 Å². The van der Waals surface area contributed by atoms with Crippen LogP contribution in [0.25, 0.3) is 0 Å². The molecule has 1 aromatic rings. The lowest BCUT2D eigenvalue weighted by Crippen LogP contribution is -2.20. The smallest absolute Gasteiger partial charge is 0.170 e. The second-order valence-electron chi connectivity index (χ2n) is 4.82. The van der Waals surface area contributed by atoms with E-state index in [4.69, 9.17) is 10.9 Å². The quantitative estimate of drug-likeness (QED) is 0.355. The highest BCUT2D eigenvalue weighted by Crippen LogP contribution is 2.25. The summed E-state index contributed by atoms with van der Waals surface area (Å²) in [7, 11) is 0. The summed E-state index contributed by atoms with van der Waals surface area (Å²) in [6.07, 6.45) is 1.25. The molecular weight excluding hydrogens is 214 g/mol. The van der Waals surface area contributed by atoms with Gasteiger partial charge < -0.3 is 15.8 Å². The molecule has 3 N–H and O–H groups in total. The number of benzene rings is 1. The Labute approximate surface area is 102 Å². The van der Waals surface area contributed by atoms with Gasteiger partial charge >= 0.3 is 0 Å². The minimum absolute atomic E-state index is 0.170. The van der Waals surface area contributed by atoms with Crippen molar-refractivity contribution in [3.63, 3.8) is 0 Å². The Hall–Kier alpha value is -1.71. The third-order valence-electron chi connectivity index (χ3n) is 3.38. The maximum absolute atomic E-state index is 8.68. The number of nitrogens with zero attached hydrogens (tertiary/aromatic N) is 2. The molecule has 1 aliphatic heterocycles. The largest absolute Gasteiger partial charge is 0.409 e. The first-order valence-corrected chi connectivity index (χ1v) is 5.95. The number of hydrogen-bond donors (Lipinski definition) is 2. The summed E-state index contributed by atoms with van der Waals surface area (Å²) in [4.78, 5) is 2.38. The number of rotatable bonds is 2. The molecule has 0 aliphatic carbocycles. The van der Waals surface area contributed by atoms with E-state index in [0.29, 0.717) is 0 Å². The second kappa shape index (κ2) is 4.65. The van der Waals surface area contributed by atoms with Crippen molar-refractivity contribution in [3.8, 4) is 0 Å². The Bertz CT molecular complexity index is 442. The minimum Gasteiger partial charge on any atom is -0.409 e. The zero-order chi connectivity index (χ0) is 12.4. The van der Waals surface area contributed by atoms with Gasteiger partial charge in [-0.3, -0.25) is 0 Å². The van der Waals surface area contributed by atoms with Gasteiger partial charge in [0, 0.05) is 24.3 Å². The molecule has 1 saturated heterocycles. The van der Waals surface area contributed by atoms with Gasteiger partial charge in [-0.15, -0.1) is 0 Å². The maximum Gasteiger partial charge on any atom is 0.170 e. The molecule has 4 nitrogen and oxygen atoms in total. The molecular formula is C13H19N3O. The number of nitrogens with two attached hydrogens (primary N) is 1. The lowest BCUT2D eigenvalue weighted by atomic mass is 10.1. The van der Waals surface area contributed by atoms with E-state index in [9.17, 15) is 0 Å². The first-order chi connectivity index (χ1) is 8.11. The van der Waals surface area contributed by atoms with Crippen LogP contribution < -0.4 is 10.6 Å². The van der Waals surface area contributed by atoms with E-state index in [1.54, 1.807) is 0 Å². The van der Waals surface area contributed by atoms with Crippen LogP contribution in [0, 0.1) is 12.8 Å². The molecule has 17 heavy (non-hydrogen) atoms. The van der Waals surface area contributed by atoms with Crippen LogP contribution in [0.2, 0.25) is 0 Å². The average Bonchev–Trinajstić information content (AvgIpc) is 2.75. The Morgan fingerprint density at radius 2 is 2.29 bits per heavy atom. The second-order valence-corrected chi connectivity index (χ2v) is 4.82. The fourth-order valence-electron chi connectivity index (χ4n) is 2.36. The molecule has 2 rings (SSSR count). The minimum atomic E-state index is 0.170. The van der Waals surface area contributed by atoms with Crippen molar-refractivity contribution in [2.24, 2.45) is 16.8 Å². The number of amidine groups is 1. The summed E-state index contributed by atoms with van der Waals surface area (Å²) < 4.78 is 0. The van der Waals surface area contributed by atoms with Crippen molar-refractivity contribution in [1.29, 1.82) is 0 Å². The molecule has 1 aliphatic rings. The van der Waals surface area contributed by atoms with Gasteiger partial charge in [-0.25, -0.2) is 0 Å². The summed E-state index contributed by atoms with van der Waals surface area (Å²) >= 11 is 0. The fraction of sp³-hybridized carbons (Fsp3) is 0.462. The van der Waals surface area contributed by atoms with Gasteiger partial charge in [0.15, 0.2) is 5.84 Å². The van der Waals surface area contributed by atoms with Crippen LogP contribution in [-0.2, 0) is 0 Å². The van der Waals surface area contributed by atoms with Crippen LogP contribution in [0.15, 0.2) is 23.4 Å². The van der Waals surface area contributed by atoms with Crippen LogP contribution in [0.4, 0.5) is 5.69 Å². The predicted molar refractivity (Wildman–Crippen MR) is 69.7 cm³/mol. The predicted octanol–water partition coefficient (Wildman–Crippen LogP) is 1.94. The van der Waals surface area contributed by atoms with Gasteiger partial charge in [0.2, 0.25) is 0 Å². The molecule has 92 valence electrons. The number of anilines is 1. The third-order valence-corrected chi connectivity index (χ3v) is 3.38. The van der Waals surface area contributed by atoms with E-state index in [2.05, 4.69) is 23.0 Å². The zero-order valence-corrected chi connectivity index (χ0v) is 10.3. The molecule has 1 atom stereocenters. The Kier molecular flexibility index (Phi) is 3.22. The van der Waals surface area contributed by atoms with E-state index < -0.39 is 0 Å². The summed E-state index contributed by atoms with van der Waals surface area (Å²) in [5.74, 6) is 0.933. The lowest BCUT2D eigenvalue weighted by Gasteiger charge is -2.19. The standard InChI is InChI=1S/C13H19N3O/c1-9-5-6-16(8-9)11-3-4-12(10(2)7-11)13(14)15-17/h3-4,7,9,17H,5-6,8H2,1-2H3,(H2,14,15). The maximum atomic E-state index is 8.68. The molecule has 1 heterocycles. The highest BCUT2D eigenvalue weighted by molar-refractivity contribution is 5.98. The summed E-state index contributed by atoms with van der Waals surface area (Å²) in [6, 6.07) is 6.06. The molecule has 0 aromatic heterocycles. The third kappa shape index (κ3) is 2.35. The van der Waals surface area contributed by atoms with E-state index >= 15 is 0 Å². The zero-order valence-electron chi connectivity index (χ0n) is 10.3. The summed E-state index contributed by atoms with van der Waals surface area (Å²) in [5, 5.41) is 11.7. The molecule has 0 saturated carbocycles. The van der Waals surface area contributed by atoms with Gasteiger partial charge in [0.25, 0.3) is 0 Å². The highest BCUT2D eigenvalue weighted by Gasteiger charge is 2.19. The monoisotopic (exact) mass is 233 g/mol. The molecule has 0 amide bonds. The molecule has 0 bridgehead atoms. The van der Waals surface area contributed by atoms with Crippen molar-refractivity contribution in [2.75, 3.05) is 18.0 Å². The topological polar surface area (TPSA) is 61.8 Å². The van der Waals surface area contributed by atoms with Crippen molar-refractivity contribution >= 4 is 11.5 Å². The molecule has 4 heteroatoms. The van der Waals surface area contributed by atoms with Crippen molar-refractivity contribution in [3.05, 3.63) is 29.3 Å². The molecule has 1 fully saturated rings. The van der Waals surface area contributed by atoms with Crippen LogP contribution in [0.5, 0.6) is 0 Å². The van der Waals surface area contributed by atoms with Gasteiger partial charge in [0.1, 0.15) is 0 Å². The summed E-state index contributed by atoms with van der Waals surface area (Å²) in [6.45, 7) is 6.49. The van der Waals surface area contributed by atoms with Gasteiger partial charge in [-0.05, 0) is 43.0 Å². The number of aryl methyl sites for hydroxylation is 1.